The van der Waals surface area contributed by atoms with Crippen LogP contribution in [0.2, 0.25) is 0 Å². The van der Waals surface area contributed by atoms with E-state index < -0.39 is 0 Å². The Morgan fingerprint density at radius 1 is 1.55 bits per heavy atom. The predicted octanol–water partition coefficient (Wildman–Crippen LogP) is 1.79. The summed E-state index contributed by atoms with van der Waals surface area (Å²) in [5, 5.41) is 10.2. The van der Waals surface area contributed by atoms with Gasteiger partial charge in [-0.05, 0) is 12.8 Å². The first-order chi connectivity index (χ1) is 5.36. The van der Waals surface area contributed by atoms with Gasteiger partial charge in [0.1, 0.15) is 5.82 Å². The van der Waals surface area contributed by atoms with Crippen molar-refractivity contribution in [3.05, 3.63) is 11.8 Å². The minimum Gasteiger partial charge on any atom is -0.369 e. The molecule has 1 rings (SSSR count). The second-order valence-corrected chi connectivity index (χ2v) is 2.56. The molecule has 0 amide bonds. The highest BCUT2D eigenvalue weighted by atomic mass is 15.2. The molecule has 0 spiro atoms. The zero-order chi connectivity index (χ0) is 8.10. The molecule has 0 aromatic carbocycles. The number of nitrogens with zero attached hydrogens (tertiary/aromatic N) is 1. The van der Waals surface area contributed by atoms with Gasteiger partial charge in [-0.3, -0.25) is 5.10 Å². The van der Waals surface area contributed by atoms with E-state index in [2.05, 4.69) is 35.4 Å². The predicted molar refractivity (Wildman–Crippen MR) is 46.7 cm³/mol. The molecule has 1 aromatic rings. The molecule has 0 saturated heterocycles. The molecule has 2 N–H and O–H groups in total. The Hall–Kier alpha value is -0.990. The van der Waals surface area contributed by atoms with E-state index in [1.807, 2.05) is 0 Å². The molecule has 11 heavy (non-hydrogen) atoms. The lowest BCUT2D eigenvalue weighted by atomic mass is 10.3. The first-order valence-corrected chi connectivity index (χ1v) is 4.15. The molecular weight excluding hydrogens is 138 g/mol. The Morgan fingerprint density at radius 2 is 2.36 bits per heavy atom. The van der Waals surface area contributed by atoms with Crippen LogP contribution in [0.15, 0.2) is 6.07 Å². The smallest absolute Gasteiger partial charge is 0.148 e. The summed E-state index contributed by atoms with van der Waals surface area (Å²) in [6.45, 7) is 5.24. The van der Waals surface area contributed by atoms with E-state index in [1.165, 1.54) is 5.69 Å². The minimum atomic E-state index is 0.962. The van der Waals surface area contributed by atoms with E-state index in [4.69, 9.17) is 0 Å². The average Bonchev–Trinajstić information content (AvgIpc) is 2.48. The molecule has 0 atom stereocenters. The van der Waals surface area contributed by atoms with Crippen LogP contribution in [0.4, 0.5) is 5.82 Å². The highest BCUT2D eigenvalue weighted by Crippen LogP contribution is 2.04. The molecule has 1 heterocycles. The van der Waals surface area contributed by atoms with Gasteiger partial charge in [0.15, 0.2) is 0 Å². The zero-order valence-corrected chi connectivity index (χ0v) is 7.15. The third-order valence-electron chi connectivity index (χ3n) is 1.57. The number of aromatic nitrogens is 2. The van der Waals surface area contributed by atoms with Crippen molar-refractivity contribution in [3.8, 4) is 0 Å². The van der Waals surface area contributed by atoms with Gasteiger partial charge in [0.2, 0.25) is 0 Å². The van der Waals surface area contributed by atoms with Gasteiger partial charge >= 0.3 is 0 Å². The Morgan fingerprint density at radius 3 is 2.91 bits per heavy atom. The molecule has 0 unspecified atom stereocenters. The van der Waals surface area contributed by atoms with Crippen LogP contribution in [0, 0.1) is 0 Å². The summed E-state index contributed by atoms with van der Waals surface area (Å²) < 4.78 is 0. The van der Waals surface area contributed by atoms with E-state index in [-0.39, 0.29) is 0 Å². The average molecular weight is 153 g/mol. The highest BCUT2D eigenvalue weighted by molar-refractivity contribution is 5.34. The van der Waals surface area contributed by atoms with Crippen molar-refractivity contribution in [1.29, 1.82) is 0 Å². The lowest BCUT2D eigenvalue weighted by Crippen LogP contribution is -1.99. The quantitative estimate of drug-likeness (QED) is 0.692. The first-order valence-electron chi connectivity index (χ1n) is 4.15. The standard InChI is InChI=1S/C8H15N3/c1-3-5-9-8-6-7(4-2)10-11-8/h6H,3-5H2,1-2H3,(H2,9,10,11). The molecular formula is C8H15N3. The number of hydrogen-bond acceptors (Lipinski definition) is 2. The maximum absolute atomic E-state index is 4.09. The van der Waals surface area contributed by atoms with Crippen LogP contribution in [0.5, 0.6) is 0 Å². The minimum absolute atomic E-state index is 0.962. The van der Waals surface area contributed by atoms with Crippen LogP contribution in [-0.4, -0.2) is 16.7 Å². The Balaban J connectivity index is 2.44. The lowest BCUT2D eigenvalue weighted by molar-refractivity contribution is 0.946. The van der Waals surface area contributed by atoms with Gasteiger partial charge in [-0.1, -0.05) is 13.8 Å². The molecule has 3 heteroatoms. The fourth-order valence-electron chi connectivity index (χ4n) is 0.886. The number of anilines is 1. The van der Waals surface area contributed by atoms with Gasteiger partial charge in [0.05, 0.1) is 0 Å². The topological polar surface area (TPSA) is 40.7 Å². The Labute approximate surface area is 67.2 Å². The summed E-state index contributed by atoms with van der Waals surface area (Å²) >= 11 is 0. The normalized spacial score (nSPS) is 10.0. The number of aryl methyl sites for hydroxylation is 1. The monoisotopic (exact) mass is 153 g/mol. The highest BCUT2D eigenvalue weighted by Gasteiger charge is 1.95. The van der Waals surface area contributed by atoms with Crippen molar-refractivity contribution >= 4 is 5.82 Å². The second kappa shape index (κ2) is 4.01. The van der Waals surface area contributed by atoms with Crippen LogP contribution in [0.25, 0.3) is 0 Å². The molecule has 0 saturated carbocycles. The molecule has 0 aliphatic rings. The zero-order valence-electron chi connectivity index (χ0n) is 7.15. The van der Waals surface area contributed by atoms with Crippen molar-refractivity contribution in [3.63, 3.8) is 0 Å². The number of rotatable bonds is 4. The summed E-state index contributed by atoms with van der Waals surface area (Å²) in [4.78, 5) is 0. The van der Waals surface area contributed by atoms with Crippen molar-refractivity contribution in [1.82, 2.24) is 10.2 Å². The molecule has 0 aliphatic heterocycles. The van der Waals surface area contributed by atoms with Crippen molar-refractivity contribution in [2.45, 2.75) is 26.7 Å². The van der Waals surface area contributed by atoms with Gasteiger partial charge in [-0.15, -0.1) is 0 Å². The van der Waals surface area contributed by atoms with Crippen LogP contribution in [0.1, 0.15) is 26.0 Å². The molecule has 1 aromatic heterocycles. The molecule has 0 bridgehead atoms. The fourth-order valence-corrected chi connectivity index (χ4v) is 0.886. The third kappa shape index (κ3) is 2.26. The summed E-state index contributed by atoms with van der Waals surface area (Å²) in [6.07, 6.45) is 2.15. The summed E-state index contributed by atoms with van der Waals surface area (Å²) in [5.41, 5.74) is 1.18. The molecule has 62 valence electrons. The van der Waals surface area contributed by atoms with E-state index in [9.17, 15) is 0 Å². The number of hydrogen-bond donors (Lipinski definition) is 2. The van der Waals surface area contributed by atoms with Gasteiger partial charge in [0, 0.05) is 18.3 Å². The maximum Gasteiger partial charge on any atom is 0.148 e. The maximum atomic E-state index is 4.09. The summed E-state index contributed by atoms with van der Waals surface area (Å²) in [5.74, 6) is 0.962. The van der Waals surface area contributed by atoms with E-state index in [1.54, 1.807) is 0 Å². The Bertz CT molecular complexity index is 205. The van der Waals surface area contributed by atoms with E-state index >= 15 is 0 Å². The third-order valence-corrected chi connectivity index (χ3v) is 1.57. The van der Waals surface area contributed by atoms with Crippen LogP contribution in [-0.2, 0) is 6.42 Å². The van der Waals surface area contributed by atoms with Gasteiger partial charge in [-0.2, -0.15) is 5.10 Å². The van der Waals surface area contributed by atoms with Crippen LogP contribution in [0.3, 0.4) is 0 Å². The summed E-state index contributed by atoms with van der Waals surface area (Å²) in [6, 6.07) is 2.05. The van der Waals surface area contributed by atoms with Gasteiger partial charge in [-0.25, -0.2) is 0 Å². The molecule has 0 radical (unpaired) electrons. The molecule has 3 nitrogen and oxygen atoms in total. The molecule has 0 fully saturated rings. The number of nitrogens with one attached hydrogen (secondary N) is 2. The largest absolute Gasteiger partial charge is 0.369 e. The molecule has 0 aliphatic carbocycles. The lowest BCUT2D eigenvalue weighted by Gasteiger charge is -1.96. The first kappa shape index (κ1) is 8.11. The Kier molecular flexibility index (Phi) is 2.95. The SMILES string of the molecule is CCCNc1cc(CC)[nH]n1. The summed E-state index contributed by atoms with van der Waals surface area (Å²) in [7, 11) is 0. The van der Waals surface area contributed by atoms with E-state index in [0.29, 0.717) is 0 Å². The van der Waals surface area contributed by atoms with Gasteiger partial charge in [0.25, 0.3) is 0 Å². The van der Waals surface area contributed by atoms with Crippen LogP contribution < -0.4 is 5.32 Å². The van der Waals surface area contributed by atoms with Crippen molar-refractivity contribution in [2.75, 3.05) is 11.9 Å². The number of aromatic amines is 1. The van der Waals surface area contributed by atoms with Crippen molar-refractivity contribution in [2.24, 2.45) is 0 Å². The number of H-pyrrole nitrogens is 1. The van der Waals surface area contributed by atoms with Crippen molar-refractivity contribution < 1.29 is 0 Å². The van der Waals surface area contributed by atoms with E-state index in [0.717, 1.165) is 25.2 Å². The fraction of sp³-hybridized carbons (Fsp3) is 0.625. The second-order valence-electron chi connectivity index (χ2n) is 2.56. The van der Waals surface area contributed by atoms with Crippen LogP contribution >= 0.6 is 0 Å². The van der Waals surface area contributed by atoms with Gasteiger partial charge < -0.3 is 5.32 Å².